The number of thiophene rings is 1. The second-order valence-electron chi connectivity index (χ2n) is 5.41. The summed E-state index contributed by atoms with van der Waals surface area (Å²) in [6.07, 6.45) is 3.83. The molecule has 21 heavy (non-hydrogen) atoms. The van der Waals surface area contributed by atoms with Gasteiger partial charge in [0.15, 0.2) is 5.82 Å². The van der Waals surface area contributed by atoms with Gasteiger partial charge in [0.1, 0.15) is 6.33 Å². The molecule has 0 aromatic carbocycles. The Kier molecular flexibility index (Phi) is 3.92. The molecule has 0 aliphatic heterocycles. The number of nitrogens with one attached hydrogen (secondary N) is 1. The Bertz CT molecular complexity index is 605. The van der Waals surface area contributed by atoms with E-state index in [0.717, 1.165) is 18.7 Å². The van der Waals surface area contributed by atoms with E-state index < -0.39 is 0 Å². The Labute approximate surface area is 127 Å². The van der Waals surface area contributed by atoms with Crippen LogP contribution in [0, 0.1) is 0 Å². The van der Waals surface area contributed by atoms with Crippen molar-refractivity contribution in [1.29, 1.82) is 0 Å². The summed E-state index contributed by atoms with van der Waals surface area (Å²) < 4.78 is 1.83. The first-order valence-electron chi connectivity index (χ1n) is 7.08. The van der Waals surface area contributed by atoms with Crippen molar-refractivity contribution in [2.45, 2.75) is 38.4 Å². The van der Waals surface area contributed by atoms with Crippen LogP contribution in [0.5, 0.6) is 0 Å². The van der Waals surface area contributed by atoms with Crippen LogP contribution in [0.2, 0.25) is 0 Å². The van der Waals surface area contributed by atoms with Crippen molar-refractivity contribution in [3.05, 3.63) is 34.5 Å². The highest BCUT2D eigenvalue weighted by molar-refractivity contribution is 7.09. The lowest BCUT2D eigenvalue weighted by Crippen LogP contribution is -2.42. The fourth-order valence-corrected chi connectivity index (χ4v) is 3.04. The minimum absolute atomic E-state index is 0.0265. The van der Waals surface area contributed by atoms with Crippen molar-refractivity contribution in [1.82, 2.24) is 25.0 Å². The highest BCUT2D eigenvalue weighted by atomic mass is 32.1. The van der Waals surface area contributed by atoms with Gasteiger partial charge in [-0.25, -0.2) is 4.79 Å². The molecule has 1 aliphatic rings. The number of carbonyl (C=O) groups excluding carboxylic acids is 1. The molecule has 1 fully saturated rings. The predicted octanol–water partition coefficient (Wildman–Crippen LogP) is 2.31. The summed E-state index contributed by atoms with van der Waals surface area (Å²) in [5.74, 6) is 0.759. The molecule has 1 aliphatic carbocycles. The maximum atomic E-state index is 12.5. The molecule has 1 atom stereocenters. The van der Waals surface area contributed by atoms with Gasteiger partial charge in [-0.2, -0.15) is 0 Å². The topological polar surface area (TPSA) is 63.1 Å². The Morgan fingerprint density at radius 1 is 1.62 bits per heavy atom. The predicted molar refractivity (Wildman–Crippen MR) is 80.8 cm³/mol. The molecule has 2 amide bonds. The van der Waals surface area contributed by atoms with Crippen molar-refractivity contribution in [3.8, 4) is 0 Å². The normalized spacial score (nSPS) is 15.7. The largest absolute Gasteiger partial charge is 0.328 e. The summed E-state index contributed by atoms with van der Waals surface area (Å²) >= 11 is 1.68. The van der Waals surface area contributed by atoms with E-state index in [1.54, 1.807) is 17.7 Å². The molecule has 2 aromatic heterocycles. The van der Waals surface area contributed by atoms with E-state index in [2.05, 4.69) is 21.6 Å². The first-order valence-corrected chi connectivity index (χ1v) is 7.96. The SMILES string of the molecule is C[C@H](NC(=O)N(Cc1cccs1)C1CC1)c1nncn1C. The number of urea groups is 1. The van der Waals surface area contributed by atoms with E-state index in [1.807, 2.05) is 34.9 Å². The molecule has 0 unspecified atom stereocenters. The molecular weight excluding hydrogens is 286 g/mol. The number of carbonyl (C=O) groups is 1. The third-order valence-corrected chi connectivity index (χ3v) is 4.49. The number of rotatable bonds is 5. The molecule has 2 heterocycles. The lowest BCUT2D eigenvalue weighted by Gasteiger charge is -2.24. The maximum absolute atomic E-state index is 12.5. The van der Waals surface area contributed by atoms with Crippen molar-refractivity contribution < 1.29 is 4.79 Å². The van der Waals surface area contributed by atoms with Gasteiger partial charge in [0, 0.05) is 18.0 Å². The lowest BCUT2D eigenvalue weighted by molar-refractivity contribution is 0.188. The zero-order valence-electron chi connectivity index (χ0n) is 12.2. The molecule has 6 nitrogen and oxygen atoms in total. The number of hydrogen-bond acceptors (Lipinski definition) is 4. The molecule has 112 valence electrons. The molecule has 3 rings (SSSR count). The third kappa shape index (κ3) is 3.24. The molecule has 0 radical (unpaired) electrons. The highest BCUT2D eigenvalue weighted by Crippen LogP contribution is 2.29. The third-order valence-electron chi connectivity index (χ3n) is 3.63. The highest BCUT2D eigenvalue weighted by Gasteiger charge is 2.33. The van der Waals surface area contributed by atoms with E-state index in [-0.39, 0.29) is 12.1 Å². The fourth-order valence-electron chi connectivity index (χ4n) is 2.34. The van der Waals surface area contributed by atoms with Crippen LogP contribution in [0.25, 0.3) is 0 Å². The zero-order chi connectivity index (χ0) is 14.8. The number of amides is 2. The summed E-state index contributed by atoms with van der Waals surface area (Å²) in [6.45, 7) is 2.61. The molecule has 1 N–H and O–H groups in total. The van der Waals surface area contributed by atoms with Crippen LogP contribution in [0.4, 0.5) is 4.79 Å². The van der Waals surface area contributed by atoms with Crippen LogP contribution in [0.15, 0.2) is 23.8 Å². The second-order valence-corrected chi connectivity index (χ2v) is 6.44. The quantitative estimate of drug-likeness (QED) is 0.922. The first kappa shape index (κ1) is 14.1. The fraction of sp³-hybridized carbons (Fsp3) is 0.500. The Hall–Kier alpha value is -1.89. The number of aromatic nitrogens is 3. The Balaban J connectivity index is 1.66. The summed E-state index contributed by atoms with van der Waals surface area (Å²) in [4.78, 5) is 15.7. The molecule has 0 saturated heterocycles. The van der Waals surface area contributed by atoms with E-state index >= 15 is 0 Å². The van der Waals surface area contributed by atoms with Crippen molar-refractivity contribution >= 4 is 17.4 Å². The van der Waals surface area contributed by atoms with Gasteiger partial charge in [-0.15, -0.1) is 21.5 Å². The van der Waals surface area contributed by atoms with E-state index in [4.69, 9.17) is 0 Å². The van der Waals surface area contributed by atoms with Crippen molar-refractivity contribution in [2.75, 3.05) is 0 Å². The van der Waals surface area contributed by atoms with E-state index in [1.165, 1.54) is 4.88 Å². The molecule has 7 heteroatoms. The molecule has 2 aromatic rings. The average Bonchev–Trinajstić information content (AvgIpc) is 2.98. The number of aryl methyl sites for hydroxylation is 1. The van der Waals surface area contributed by atoms with E-state index in [9.17, 15) is 4.79 Å². The molecule has 1 saturated carbocycles. The van der Waals surface area contributed by atoms with E-state index in [0.29, 0.717) is 12.6 Å². The van der Waals surface area contributed by atoms with Crippen LogP contribution in [-0.2, 0) is 13.6 Å². The summed E-state index contributed by atoms with van der Waals surface area (Å²) in [5, 5.41) is 13.0. The van der Waals surface area contributed by atoms with Gasteiger partial charge in [0.2, 0.25) is 0 Å². The van der Waals surface area contributed by atoms with Crippen LogP contribution in [0.1, 0.15) is 36.5 Å². The number of nitrogens with zero attached hydrogens (tertiary/aromatic N) is 4. The number of hydrogen-bond donors (Lipinski definition) is 1. The molecule has 0 bridgehead atoms. The smallest absolute Gasteiger partial charge is 0.318 e. The summed E-state index contributed by atoms with van der Waals surface area (Å²) in [5.41, 5.74) is 0. The van der Waals surface area contributed by atoms with Crippen LogP contribution in [0.3, 0.4) is 0 Å². The zero-order valence-corrected chi connectivity index (χ0v) is 13.0. The van der Waals surface area contributed by atoms with Crippen molar-refractivity contribution in [3.63, 3.8) is 0 Å². The van der Waals surface area contributed by atoms with Gasteiger partial charge in [-0.1, -0.05) is 6.07 Å². The molecular formula is C14H19N5OS. The first-order chi connectivity index (χ1) is 10.1. The van der Waals surface area contributed by atoms with Crippen LogP contribution >= 0.6 is 11.3 Å². The Morgan fingerprint density at radius 2 is 2.43 bits per heavy atom. The van der Waals surface area contributed by atoms with Gasteiger partial charge in [-0.05, 0) is 31.2 Å². The van der Waals surface area contributed by atoms with Crippen LogP contribution < -0.4 is 5.32 Å². The van der Waals surface area contributed by atoms with Gasteiger partial charge in [0.05, 0.1) is 12.6 Å². The summed E-state index contributed by atoms with van der Waals surface area (Å²) in [7, 11) is 1.88. The molecule has 0 spiro atoms. The van der Waals surface area contributed by atoms with Gasteiger partial charge < -0.3 is 14.8 Å². The maximum Gasteiger partial charge on any atom is 0.318 e. The monoisotopic (exact) mass is 305 g/mol. The van der Waals surface area contributed by atoms with Crippen molar-refractivity contribution in [2.24, 2.45) is 7.05 Å². The van der Waals surface area contributed by atoms with Gasteiger partial charge in [-0.3, -0.25) is 0 Å². The van der Waals surface area contributed by atoms with Gasteiger partial charge in [0.25, 0.3) is 0 Å². The van der Waals surface area contributed by atoms with Crippen LogP contribution in [-0.4, -0.2) is 31.7 Å². The average molecular weight is 305 g/mol. The Morgan fingerprint density at radius 3 is 3.00 bits per heavy atom. The second kappa shape index (κ2) is 5.85. The lowest BCUT2D eigenvalue weighted by atomic mass is 10.3. The van der Waals surface area contributed by atoms with Gasteiger partial charge >= 0.3 is 6.03 Å². The minimum atomic E-state index is -0.158. The standard InChI is InChI=1S/C14H19N5OS/c1-10(13-17-15-9-18(13)2)16-14(20)19(11-5-6-11)8-12-4-3-7-21-12/h3-4,7,9-11H,5-6,8H2,1-2H3,(H,16,20)/t10-/m0/s1. The minimum Gasteiger partial charge on any atom is -0.328 e. The summed E-state index contributed by atoms with van der Waals surface area (Å²) in [6, 6.07) is 4.28.